The predicted octanol–water partition coefficient (Wildman–Crippen LogP) is 3.68. The molecule has 2 N–H and O–H groups in total. The van der Waals surface area contributed by atoms with Gasteiger partial charge >= 0.3 is 0 Å². The Morgan fingerprint density at radius 1 is 1.11 bits per heavy atom. The monoisotopic (exact) mass is 301 g/mol. The molecule has 0 saturated carbocycles. The number of hydrogen-bond donors (Lipinski definition) is 1. The minimum atomic E-state index is 0.512. The largest absolute Gasteiger partial charge is 0.369 e. The minimum absolute atomic E-state index is 0.512. The normalized spacial score (nSPS) is 11.0. The summed E-state index contributed by atoms with van der Waals surface area (Å²) in [6.07, 6.45) is 0. The first kappa shape index (κ1) is 11.3. The van der Waals surface area contributed by atoms with E-state index in [1.165, 1.54) is 5.56 Å². The molecule has 0 unspecified atom stereocenters. The van der Waals surface area contributed by atoms with Crippen LogP contribution in [0.3, 0.4) is 0 Å². The summed E-state index contributed by atoms with van der Waals surface area (Å²) < 4.78 is 3.01. The molecule has 0 fully saturated rings. The van der Waals surface area contributed by atoms with Crippen molar-refractivity contribution in [3.05, 3.63) is 52.5 Å². The van der Waals surface area contributed by atoms with Gasteiger partial charge in [-0.3, -0.25) is 4.57 Å². The third kappa shape index (κ3) is 1.78. The topological polar surface area (TPSA) is 43.8 Å². The summed E-state index contributed by atoms with van der Waals surface area (Å²) in [5.41, 5.74) is 10.2. The van der Waals surface area contributed by atoms with Gasteiger partial charge in [0.15, 0.2) is 0 Å². The van der Waals surface area contributed by atoms with E-state index in [-0.39, 0.29) is 0 Å². The van der Waals surface area contributed by atoms with Gasteiger partial charge in [0.05, 0.1) is 11.0 Å². The highest BCUT2D eigenvalue weighted by Gasteiger charge is 2.09. The van der Waals surface area contributed by atoms with Crippen molar-refractivity contribution in [1.82, 2.24) is 9.55 Å². The van der Waals surface area contributed by atoms with Crippen LogP contribution in [-0.4, -0.2) is 9.55 Å². The molecule has 90 valence electrons. The summed E-state index contributed by atoms with van der Waals surface area (Å²) in [6, 6.07) is 14.2. The number of hydrogen-bond acceptors (Lipinski definition) is 2. The third-order valence-corrected chi connectivity index (χ3v) is 3.45. The molecule has 0 aliphatic carbocycles. The van der Waals surface area contributed by atoms with Crippen LogP contribution in [0.2, 0.25) is 0 Å². The highest BCUT2D eigenvalue weighted by atomic mass is 79.9. The zero-order chi connectivity index (χ0) is 12.7. The van der Waals surface area contributed by atoms with Crippen molar-refractivity contribution in [2.75, 3.05) is 5.73 Å². The summed E-state index contributed by atoms with van der Waals surface area (Å²) >= 11 is 3.43. The van der Waals surface area contributed by atoms with E-state index in [0.717, 1.165) is 21.2 Å². The van der Waals surface area contributed by atoms with Gasteiger partial charge in [-0.15, -0.1) is 0 Å². The number of rotatable bonds is 1. The van der Waals surface area contributed by atoms with Gasteiger partial charge in [0.2, 0.25) is 5.95 Å². The van der Waals surface area contributed by atoms with Gasteiger partial charge in [0, 0.05) is 10.2 Å². The molecule has 0 saturated heterocycles. The highest BCUT2D eigenvalue weighted by molar-refractivity contribution is 9.10. The number of nitrogen functional groups attached to an aromatic ring is 1. The smallest absolute Gasteiger partial charge is 0.205 e. The Morgan fingerprint density at radius 2 is 1.83 bits per heavy atom. The second-order valence-corrected chi connectivity index (χ2v) is 5.19. The Bertz CT molecular complexity index is 714. The lowest BCUT2D eigenvalue weighted by Crippen LogP contribution is -2.00. The Labute approximate surface area is 113 Å². The van der Waals surface area contributed by atoms with Crippen LogP contribution < -0.4 is 5.73 Å². The molecule has 1 heterocycles. The molecule has 3 rings (SSSR count). The summed E-state index contributed by atoms with van der Waals surface area (Å²) in [5, 5.41) is 0. The maximum atomic E-state index is 6.01. The van der Waals surface area contributed by atoms with Crippen LogP contribution in [0.25, 0.3) is 16.7 Å². The Hall–Kier alpha value is -1.81. The molecule has 0 bridgehead atoms. The number of anilines is 1. The number of benzene rings is 2. The van der Waals surface area contributed by atoms with E-state index >= 15 is 0 Å². The molecule has 0 amide bonds. The van der Waals surface area contributed by atoms with Gasteiger partial charge in [-0.2, -0.15) is 0 Å². The van der Waals surface area contributed by atoms with E-state index in [1.54, 1.807) is 0 Å². The van der Waals surface area contributed by atoms with Gasteiger partial charge in [-0.1, -0.05) is 22.0 Å². The molecule has 3 aromatic rings. The lowest BCUT2D eigenvalue weighted by atomic mass is 10.2. The van der Waals surface area contributed by atoms with Crippen molar-refractivity contribution in [2.45, 2.75) is 6.92 Å². The zero-order valence-corrected chi connectivity index (χ0v) is 11.5. The molecule has 1 aromatic heterocycles. The van der Waals surface area contributed by atoms with E-state index < -0.39 is 0 Å². The second-order valence-electron chi connectivity index (χ2n) is 4.27. The fraction of sp³-hybridized carbons (Fsp3) is 0.0714. The van der Waals surface area contributed by atoms with Crippen molar-refractivity contribution in [1.29, 1.82) is 0 Å². The molecule has 0 radical (unpaired) electrons. The van der Waals surface area contributed by atoms with E-state index in [2.05, 4.69) is 33.9 Å². The quantitative estimate of drug-likeness (QED) is 0.745. The van der Waals surface area contributed by atoms with Crippen LogP contribution in [0.1, 0.15) is 5.56 Å². The molecule has 2 aromatic carbocycles. The summed E-state index contributed by atoms with van der Waals surface area (Å²) in [4.78, 5) is 4.38. The van der Waals surface area contributed by atoms with E-state index in [0.29, 0.717) is 5.95 Å². The molecule has 0 atom stereocenters. The summed E-state index contributed by atoms with van der Waals surface area (Å²) in [6.45, 7) is 2.06. The van der Waals surface area contributed by atoms with Gasteiger partial charge in [-0.05, 0) is 48.9 Å². The number of aromatic nitrogens is 2. The standard InChI is InChI=1S/C14H12BrN3/c1-9-2-7-12-13(8-9)18(14(16)17-12)11-5-3-10(15)4-6-11/h2-8H,1H3,(H2,16,17). The average Bonchev–Trinajstić information content (AvgIpc) is 2.66. The summed E-state index contributed by atoms with van der Waals surface area (Å²) in [5.74, 6) is 0.512. The zero-order valence-electron chi connectivity index (χ0n) is 9.89. The van der Waals surface area contributed by atoms with Gasteiger partial charge in [-0.25, -0.2) is 4.98 Å². The van der Waals surface area contributed by atoms with E-state index in [1.807, 2.05) is 41.0 Å². The van der Waals surface area contributed by atoms with Crippen LogP contribution >= 0.6 is 15.9 Å². The van der Waals surface area contributed by atoms with Crippen LogP contribution in [0, 0.1) is 6.92 Å². The molecule has 18 heavy (non-hydrogen) atoms. The number of halogens is 1. The Kier molecular flexibility index (Phi) is 2.59. The third-order valence-electron chi connectivity index (χ3n) is 2.92. The van der Waals surface area contributed by atoms with Crippen LogP contribution in [0.15, 0.2) is 46.9 Å². The maximum absolute atomic E-state index is 6.01. The van der Waals surface area contributed by atoms with Crippen LogP contribution in [0.4, 0.5) is 5.95 Å². The second kappa shape index (κ2) is 4.14. The molecule has 4 heteroatoms. The van der Waals surface area contributed by atoms with Crippen molar-refractivity contribution < 1.29 is 0 Å². The first-order valence-corrected chi connectivity index (χ1v) is 6.45. The number of nitrogens with zero attached hydrogens (tertiary/aromatic N) is 2. The van der Waals surface area contributed by atoms with Crippen LogP contribution in [-0.2, 0) is 0 Å². The maximum Gasteiger partial charge on any atom is 0.205 e. The van der Waals surface area contributed by atoms with Gasteiger partial charge < -0.3 is 5.73 Å². The molecular formula is C14H12BrN3. The van der Waals surface area contributed by atoms with Crippen molar-refractivity contribution in [3.63, 3.8) is 0 Å². The lowest BCUT2D eigenvalue weighted by Gasteiger charge is -2.06. The highest BCUT2D eigenvalue weighted by Crippen LogP contribution is 2.24. The molecule has 0 aliphatic rings. The van der Waals surface area contributed by atoms with Crippen LogP contribution in [0.5, 0.6) is 0 Å². The number of aryl methyl sites for hydroxylation is 1. The van der Waals surface area contributed by atoms with E-state index in [4.69, 9.17) is 5.73 Å². The van der Waals surface area contributed by atoms with Crippen molar-refractivity contribution >= 4 is 32.9 Å². The van der Waals surface area contributed by atoms with E-state index in [9.17, 15) is 0 Å². The van der Waals surface area contributed by atoms with Crippen molar-refractivity contribution in [2.24, 2.45) is 0 Å². The lowest BCUT2D eigenvalue weighted by molar-refractivity contribution is 1.11. The van der Waals surface area contributed by atoms with Gasteiger partial charge in [0.25, 0.3) is 0 Å². The minimum Gasteiger partial charge on any atom is -0.369 e. The first-order chi connectivity index (χ1) is 8.65. The summed E-state index contributed by atoms with van der Waals surface area (Å²) in [7, 11) is 0. The molecule has 0 spiro atoms. The predicted molar refractivity (Wildman–Crippen MR) is 77.9 cm³/mol. The fourth-order valence-electron chi connectivity index (χ4n) is 2.07. The fourth-order valence-corrected chi connectivity index (χ4v) is 2.33. The number of fused-ring (bicyclic) bond motifs is 1. The Balaban J connectivity index is 2.30. The number of imidazole rings is 1. The SMILES string of the molecule is Cc1ccc2nc(N)n(-c3ccc(Br)cc3)c2c1. The molecule has 0 aliphatic heterocycles. The van der Waals surface area contributed by atoms with Crippen molar-refractivity contribution in [3.8, 4) is 5.69 Å². The van der Waals surface area contributed by atoms with Gasteiger partial charge in [0.1, 0.15) is 0 Å². The average molecular weight is 302 g/mol. The molecular weight excluding hydrogens is 290 g/mol. The first-order valence-electron chi connectivity index (χ1n) is 5.66. The Morgan fingerprint density at radius 3 is 2.56 bits per heavy atom. The number of nitrogens with two attached hydrogens (primary N) is 1. The molecule has 3 nitrogen and oxygen atoms in total.